The van der Waals surface area contributed by atoms with Crippen molar-refractivity contribution in [3.05, 3.63) is 17.0 Å². The topological polar surface area (TPSA) is 66.4 Å². The summed E-state index contributed by atoms with van der Waals surface area (Å²) in [5.74, 6) is -2.47. The van der Waals surface area contributed by atoms with Crippen LogP contribution in [0.25, 0.3) is 0 Å². The zero-order chi connectivity index (χ0) is 9.14. The van der Waals surface area contributed by atoms with E-state index in [1.165, 1.54) is 11.3 Å². The minimum atomic E-state index is -1.47. The van der Waals surface area contributed by atoms with Gasteiger partial charge >= 0.3 is 30.7 Å². The smallest absolute Gasteiger partial charge is 1.00 e. The van der Waals surface area contributed by atoms with Gasteiger partial charge in [-0.15, -0.1) is 11.3 Å². The van der Waals surface area contributed by atoms with Gasteiger partial charge in [0.2, 0.25) is 0 Å². The summed E-state index contributed by atoms with van der Waals surface area (Å²) in [5.41, 5.74) is 0. The van der Waals surface area contributed by atoms with Gasteiger partial charge in [0, 0.05) is 4.88 Å². The molecule has 0 unspecified atom stereocenters. The number of nitrogens with one attached hydrogen (secondary N) is 1. The molecule has 1 heterocycles. The number of anilines is 1. The van der Waals surface area contributed by atoms with E-state index in [0.29, 0.717) is 5.00 Å². The Morgan fingerprint density at radius 3 is 2.54 bits per heavy atom. The molecule has 1 amide bonds. The largest absolute Gasteiger partial charge is 1.00 e. The fourth-order valence-electron chi connectivity index (χ4n) is 0.667. The van der Waals surface area contributed by atoms with Gasteiger partial charge in [0.1, 0.15) is 0 Å². The van der Waals surface area contributed by atoms with Crippen LogP contribution in [0.2, 0.25) is 0 Å². The number of carboxylic acid groups (broad SMARTS) is 1. The van der Waals surface area contributed by atoms with E-state index in [0.717, 1.165) is 4.88 Å². The average molecular weight is 193 g/mol. The predicted molar refractivity (Wildman–Crippen MR) is 46.4 cm³/mol. The van der Waals surface area contributed by atoms with Crippen LogP contribution in [0.1, 0.15) is 6.30 Å². The third-order valence-electron chi connectivity index (χ3n) is 1.17. The van der Waals surface area contributed by atoms with E-state index < -0.39 is 11.9 Å². The third kappa shape index (κ3) is 3.64. The molecule has 0 spiro atoms. The van der Waals surface area contributed by atoms with Crippen molar-refractivity contribution in [1.29, 1.82) is 0 Å². The molecule has 0 radical (unpaired) electrons. The first kappa shape index (κ1) is 12.2. The van der Waals surface area contributed by atoms with Crippen LogP contribution in [0.4, 0.5) is 5.00 Å². The van der Waals surface area contributed by atoms with E-state index in [2.05, 4.69) is 5.32 Å². The van der Waals surface area contributed by atoms with Crippen molar-refractivity contribution >= 4 is 28.2 Å². The zero-order valence-electron chi connectivity index (χ0n) is 8.33. The van der Waals surface area contributed by atoms with Gasteiger partial charge in [-0.3, -0.25) is 4.79 Å². The van der Waals surface area contributed by atoms with Crippen LogP contribution >= 0.6 is 11.3 Å². The molecule has 0 bridgehead atoms. The Morgan fingerprint density at radius 1 is 1.54 bits per heavy atom. The molecule has 0 saturated carbocycles. The van der Waals surface area contributed by atoms with E-state index in [9.17, 15) is 9.59 Å². The molecule has 0 fully saturated rings. The van der Waals surface area contributed by atoms with Gasteiger partial charge in [0.05, 0.1) is 5.00 Å². The number of aliphatic carboxylic acids is 1. The van der Waals surface area contributed by atoms with Gasteiger partial charge in [-0.25, -0.2) is 4.79 Å². The summed E-state index contributed by atoms with van der Waals surface area (Å²) < 4.78 is 0. The number of rotatable bonds is 1. The van der Waals surface area contributed by atoms with Crippen molar-refractivity contribution in [2.75, 3.05) is 5.32 Å². The minimum absolute atomic E-state index is 0. The van der Waals surface area contributed by atoms with Crippen molar-refractivity contribution in [2.24, 2.45) is 0 Å². The molecule has 0 aliphatic heterocycles. The molecule has 4 nitrogen and oxygen atoms in total. The molecule has 0 saturated heterocycles. The normalized spacial score (nSPS) is 8.69. The molecule has 0 aromatic carbocycles. The number of amides is 1. The summed E-state index contributed by atoms with van der Waals surface area (Å²) >= 11 is 1.34. The van der Waals surface area contributed by atoms with Crippen LogP contribution in [0.15, 0.2) is 12.1 Å². The van der Waals surface area contributed by atoms with E-state index in [4.69, 9.17) is 5.11 Å². The summed E-state index contributed by atoms with van der Waals surface area (Å²) in [6.07, 6.45) is 0. The van der Waals surface area contributed by atoms with E-state index in [1.54, 1.807) is 6.07 Å². The van der Waals surface area contributed by atoms with Crippen LogP contribution in [0, 0.1) is 6.92 Å². The molecule has 13 heavy (non-hydrogen) atoms. The Bertz CT molecular complexity index is 328. The maximum absolute atomic E-state index is 10.6. The van der Waals surface area contributed by atoms with Gasteiger partial charge in [0.15, 0.2) is 0 Å². The Balaban J connectivity index is 0. The molecule has 0 aliphatic carbocycles. The van der Waals surface area contributed by atoms with Crippen molar-refractivity contribution in [3.63, 3.8) is 0 Å². The second-order valence-corrected chi connectivity index (χ2v) is 3.46. The van der Waals surface area contributed by atoms with E-state index in [1.807, 2.05) is 13.0 Å². The summed E-state index contributed by atoms with van der Waals surface area (Å²) in [7, 11) is 0. The number of hydrogen-bond donors (Lipinski definition) is 2. The van der Waals surface area contributed by atoms with Gasteiger partial charge in [0.25, 0.3) is 0 Å². The zero-order valence-corrected chi connectivity index (χ0v) is 8.14. The molecule has 1 rings (SSSR count). The maximum atomic E-state index is 10.6. The fourth-order valence-corrected chi connectivity index (χ4v) is 1.43. The Hall–Kier alpha value is -0.763. The van der Waals surface area contributed by atoms with Gasteiger partial charge < -0.3 is 11.8 Å². The Morgan fingerprint density at radius 2 is 2.15 bits per heavy atom. The van der Waals surface area contributed by atoms with Gasteiger partial charge in [-0.2, -0.15) is 0 Å². The second kappa shape index (κ2) is 5.07. The number of thiophene rings is 1. The monoisotopic (exact) mass is 193 g/mol. The minimum Gasteiger partial charge on any atom is -1.00 e. The molecule has 6 heteroatoms. The summed E-state index contributed by atoms with van der Waals surface area (Å²) in [4.78, 5) is 21.7. The quantitative estimate of drug-likeness (QED) is 0.408. The molecule has 1 aromatic rings. The van der Waals surface area contributed by atoms with Gasteiger partial charge in [-0.1, -0.05) is 0 Å². The maximum Gasteiger partial charge on any atom is 1.00 e. The summed E-state index contributed by atoms with van der Waals surface area (Å²) in [5, 5.41) is 11.0. The van der Waals surface area contributed by atoms with Crippen molar-refractivity contribution < 1.29 is 35.0 Å². The third-order valence-corrected chi connectivity index (χ3v) is 2.09. The van der Waals surface area contributed by atoms with Crippen LogP contribution in [-0.4, -0.2) is 17.0 Å². The number of aryl methyl sites for hydroxylation is 1. The summed E-state index contributed by atoms with van der Waals surface area (Å²) in [6.45, 7) is 1.88. The predicted octanol–water partition coefficient (Wildman–Crippen LogP) is -1.80. The van der Waals surface area contributed by atoms with Crippen LogP contribution in [-0.2, 0) is 9.59 Å². The van der Waals surface area contributed by atoms with Gasteiger partial charge in [-0.05, 0) is 19.1 Å². The first-order valence-electron chi connectivity index (χ1n) is 3.20. The molecule has 0 atom stereocenters. The molecule has 2 N–H and O–H groups in total. The standard InChI is InChI=1S/C7H7NO3S.Li.H/c1-4-2-3-5(12-4)8-6(9)7(10)11;;/h2-3H,1H3,(H,8,9)(H,10,11);;/q;+1;-1. The molecule has 66 valence electrons. The van der Waals surface area contributed by atoms with Crippen LogP contribution < -0.4 is 24.2 Å². The molecule has 0 aliphatic rings. The van der Waals surface area contributed by atoms with E-state index in [-0.39, 0.29) is 20.3 Å². The van der Waals surface area contributed by atoms with Crippen LogP contribution in [0.5, 0.6) is 0 Å². The molecular weight excluding hydrogens is 185 g/mol. The molecule has 1 aromatic heterocycles. The Labute approximate surface area is 92.6 Å². The van der Waals surface area contributed by atoms with E-state index >= 15 is 0 Å². The van der Waals surface area contributed by atoms with Crippen molar-refractivity contribution in [2.45, 2.75) is 6.92 Å². The Kier molecular flexibility index (Phi) is 4.77. The van der Waals surface area contributed by atoms with Crippen molar-refractivity contribution in [3.8, 4) is 0 Å². The van der Waals surface area contributed by atoms with Crippen molar-refractivity contribution in [1.82, 2.24) is 0 Å². The number of carboxylic acids is 1. The first-order chi connectivity index (χ1) is 5.59. The average Bonchev–Trinajstić information content (AvgIpc) is 2.35. The number of carbonyl (C=O) groups excluding carboxylic acids is 1. The molecular formula is C7H8LiNO3S. The number of hydrogen-bond acceptors (Lipinski definition) is 3. The van der Waals surface area contributed by atoms with Crippen LogP contribution in [0.3, 0.4) is 0 Å². The SMILES string of the molecule is Cc1ccc(NC(=O)C(=O)O)s1.[H-].[Li+]. The number of carbonyl (C=O) groups is 2. The second-order valence-electron chi connectivity index (χ2n) is 2.17. The summed E-state index contributed by atoms with van der Waals surface area (Å²) in [6, 6.07) is 3.48. The fraction of sp³-hybridized carbons (Fsp3) is 0.143. The first-order valence-corrected chi connectivity index (χ1v) is 4.02.